The highest BCUT2D eigenvalue weighted by Gasteiger charge is 2.64. The Labute approximate surface area is 75.2 Å². The van der Waals surface area contributed by atoms with Crippen LogP contribution in [0.2, 0.25) is 0 Å². The van der Waals surface area contributed by atoms with Crippen LogP contribution in [0.1, 0.15) is 46.5 Å². The van der Waals surface area contributed by atoms with E-state index in [1.165, 1.54) is 25.7 Å². The molecular weight excluding hydrogens is 148 g/mol. The van der Waals surface area contributed by atoms with Gasteiger partial charge in [-0.15, -0.1) is 0 Å². The summed E-state index contributed by atoms with van der Waals surface area (Å²) >= 11 is 0. The summed E-state index contributed by atoms with van der Waals surface area (Å²) in [6.45, 7) is 7.50. The summed E-state index contributed by atoms with van der Waals surface area (Å²) in [6, 6.07) is 0. The molecule has 2 bridgehead atoms. The second-order valence-corrected chi connectivity index (χ2v) is 5.62. The van der Waals surface area contributed by atoms with E-state index in [2.05, 4.69) is 20.8 Å². The van der Waals surface area contributed by atoms with Gasteiger partial charge in [0.25, 0.3) is 0 Å². The topological polar surface area (TPSA) is 20.2 Å². The van der Waals surface area contributed by atoms with Crippen LogP contribution in [0, 0.1) is 16.2 Å². The van der Waals surface area contributed by atoms with Gasteiger partial charge in [0, 0.05) is 6.61 Å². The van der Waals surface area contributed by atoms with Gasteiger partial charge >= 0.3 is 0 Å². The molecule has 0 aromatic carbocycles. The zero-order valence-electron chi connectivity index (χ0n) is 8.48. The Balaban J connectivity index is 2.42. The number of hydrogen-bond acceptors (Lipinski definition) is 1. The van der Waals surface area contributed by atoms with Gasteiger partial charge < -0.3 is 5.11 Å². The van der Waals surface area contributed by atoms with Crippen molar-refractivity contribution in [3.63, 3.8) is 0 Å². The maximum Gasteiger partial charge on any atom is 0.0492 e. The highest BCUT2D eigenvalue weighted by atomic mass is 16.3. The van der Waals surface area contributed by atoms with Gasteiger partial charge in [-0.2, -0.15) is 0 Å². The van der Waals surface area contributed by atoms with E-state index in [1.54, 1.807) is 0 Å². The first kappa shape index (κ1) is 8.55. The second-order valence-electron chi connectivity index (χ2n) is 5.62. The molecule has 0 amide bonds. The smallest absolute Gasteiger partial charge is 0.0492 e. The van der Waals surface area contributed by atoms with E-state index in [0.29, 0.717) is 17.4 Å². The molecule has 0 radical (unpaired) electrons. The molecule has 2 aliphatic carbocycles. The molecular formula is C11H20O. The van der Waals surface area contributed by atoms with Gasteiger partial charge in [-0.25, -0.2) is 0 Å². The predicted molar refractivity (Wildman–Crippen MR) is 49.9 cm³/mol. The highest BCUT2D eigenvalue weighted by Crippen LogP contribution is 2.71. The molecule has 12 heavy (non-hydrogen) atoms. The van der Waals surface area contributed by atoms with E-state index in [0.717, 1.165) is 0 Å². The number of aliphatic hydroxyl groups excluding tert-OH is 1. The van der Waals surface area contributed by atoms with E-state index >= 15 is 0 Å². The van der Waals surface area contributed by atoms with Crippen LogP contribution in [0.3, 0.4) is 0 Å². The average Bonchev–Trinajstić information content (AvgIpc) is 2.34. The van der Waals surface area contributed by atoms with Crippen LogP contribution in [0.25, 0.3) is 0 Å². The van der Waals surface area contributed by atoms with Crippen molar-refractivity contribution in [2.45, 2.75) is 46.5 Å². The van der Waals surface area contributed by atoms with Gasteiger partial charge in [0.2, 0.25) is 0 Å². The van der Waals surface area contributed by atoms with Crippen LogP contribution in [0.15, 0.2) is 0 Å². The fourth-order valence-electron chi connectivity index (χ4n) is 3.53. The maximum atomic E-state index is 9.49. The third-order valence-electron chi connectivity index (χ3n) is 5.45. The van der Waals surface area contributed by atoms with E-state index < -0.39 is 0 Å². The predicted octanol–water partition coefficient (Wildman–Crippen LogP) is 2.59. The standard InChI is InChI=1S/C11H20O/c1-9(2)10(3)4-6-11(9,8-12)7-5-10/h12H,4-8H2,1-3H3. The van der Waals surface area contributed by atoms with Crippen LogP contribution in [0.5, 0.6) is 0 Å². The number of fused-ring (bicyclic) bond motifs is 2. The molecule has 0 aromatic rings. The molecule has 0 saturated heterocycles. The third kappa shape index (κ3) is 0.654. The van der Waals surface area contributed by atoms with Crippen molar-refractivity contribution in [3.05, 3.63) is 0 Å². The lowest BCUT2D eigenvalue weighted by Crippen LogP contribution is -2.36. The highest BCUT2D eigenvalue weighted by molar-refractivity contribution is 5.13. The van der Waals surface area contributed by atoms with E-state index in [4.69, 9.17) is 0 Å². The van der Waals surface area contributed by atoms with E-state index in [-0.39, 0.29) is 5.41 Å². The molecule has 0 aromatic heterocycles. The summed E-state index contributed by atoms with van der Waals surface area (Å²) < 4.78 is 0. The van der Waals surface area contributed by atoms with Crippen LogP contribution >= 0.6 is 0 Å². The fraction of sp³-hybridized carbons (Fsp3) is 1.00. The van der Waals surface area contributed by atoms with Gasteiger partial charge in [-0.1, -0.05) is 20.8 Å². The van der Waals surface area contributed by atoms with Gasteiger partial charge in [-0.05, 0) is 41.9 Å². The summed E-state index contributed by atoms with van der Waals surface area (Å²) in [4.78, 5) is 0. The Bertz CT molecular complexity index is 197. The normalized spacial score (nSPS) is 50.0. The Morgan fingerprint density at radius 1 is 1.00 bits per heavy atom. The van der Waals surface area contributed by atoms with Crippen LogP contribution < -0.4 is 0 Å². The first-order chi connectivity index (χ1) is 5.47. The molecule has 0 unspecified atom stereocenters. The summed E-state index contributed by atoms with van der Waals surface area (Å²) in [6.07, 6.45) is 5.13. The molecule has 1 N–H and O–H groups in total. The minimum Gasteiger partial charge on any atom is -0.396 e. The number of hydrogen-bond donors (Lipinski definition) is 1. The summed E-state index contributed by atoms with van der Waals surface area (Å²) in [5, 5.41) is 9.49. The molecule has 0 atom stereocenters. The molecule has 1 heteroatoms. The molecule has 70 valence electrons. The molecule has 2 rings (SSSR count). The zero-order valence-corrected chi connectivity index (χ0v) is 8.48. The lowest BCUT2D eigenvalue weighted by molar-refractivity contribution is 0.0282. The van der Waals surface area contributed by atoms with Crippen molar-refractivity contribution in [2.75, 3.05) is 6.61 Å². The fourth-order valence-corrected chi connectivity index (χ4v) is 3.53. The molecule has 0 heterocycles. The van der Waals surface area contributed by atoms with Crippen molar-refractivity contribution in [1.29, 1.82) is 0 Å². The Morgan fingerprint density at radius 3 is 1.67 bits per heavy atom. The van der Waals surface area contributed by atoms with Crippen LogP contribution in [-0.2, 0) is 0 Å². The summed E-state index contributed by atoms with van der Waals surface area (Å²) in [5.74, 6) is 0. The Morgan fingerprint density at radius 2 is 1.50 bits per heavy atom. The van der Waals surface area contributed by atoms with E-state index in [9.17, 15) is 5.11 Å². The number of rotatable bonds is 1. The second kappa shape index (κ2) is 2.06. The zero-order chi connectivity index (χ0) is 9.04. The molecule has 2 aliphatic rings. The van der Waals surface area contributed by atoms with Crippen molar-refractivity contribution in [2.24, 2.45) is 16.2 Å². The first-order valence-electron chi connectivity index (χ1n) is 5.08. The van der Waals surface area contributed by atoms with Crippen molar-refractivity contribution >= 4 is 0 Å². The number of aliphatic hydroxyl groups is 1. The van der Waals surface area contributed by atoms with Gasteiger partial charge in [-0.3, -0.25) is 0 Å². The average molecular weight is 168 g/mol. The molecule has 2 saturated carbocycles. The Hall–Kier alpha value is -0.0400. The van der Waals surface area contributed by atoms with Crippen molar-refractivity contribution in [3.8, 4) is 0 Å². The lowest BCUT2D eigenvalue weighted by atomic mass is 9.65. The van der Waals surface area contributed by atoms with Gasteiger partial charge in [0.1, 0.15) is 0 Å². The van der Waals surface area contributed by atoms with Crippen LogP contribution in [0.4, 0.5) is 0 Å². The van der Waals surface area contributed by atoms with Crippen molar-refractivity contribution < 1.29 is 5.11 Å². The lowest BCUT2D eigenvalue weighted by Gasteiger charge is -2.40. The van der Waals surface area contributed by atoms with Gasteiger partial charge in [0.05, 0.1) is 0 Å². The monoisotopic (exact) mass is 168 g/mol. The van der Waals surface area contributed by atoms with E-state index in [1.807, 2.05) is 0 Å². The summed E-state index contributed by atoms with van der Waals surface area (Å²) in [7, 11) is 0. The minimum atomic E-state index is 0.266. The molecule has 0 aliphatic heterocycles. The first-order valence-corrected chi connectivity index (χ1v) is 5.08. The minimum absolute atomic E-state index is 0.266. The molecule has 0 spiro atoms. The quantitative estimate of drug-likeness (QED) is 0.638. The maximum absolute atomic E-state index is 9.49. The SMILES string of the molecule is CC12CCC(CO)(CC1)C2(C)C. The molecule has 2 fully saturated rings. The summed E-state index contributed by atoms with van der Waals surface area (Å²) in [5.41, 5.74) is 1.13. The Kier molecular flexibility index (Phi) is 1.47. The van der Waals surface area contributed by atoms with Crippen LogP contribution in [-0.4, -0.2) is 11.7 Å². The molecule has 1 nitrogen and oxygen atoms in total. The van der Waals surface area contributed by atoms with Crippen molar-refractivity contribution in [1.82, 2.24) is 0 Å². The van der Waals surface area contributed by atoms with Gasteiger partial charge in [0.15, 0.2) is 0 Å². The largest absolute Gasteiger partial charge is 0.396 e. The third-order valence-corrected chi connectivity index (χ3v) is 5.45.